The smallest absolute Gasteiger partial charge is 0.230 e. The van der Waals surface area contributed by atoms with Crippen LogP contribution < -0.4 is 10.1 Å². The Morgan fingerprint density at radius 1 is 1.33 bits per heavy atom. The van der Waals surface area contributed by atoms with Gasteiger partial charge in [0.15, 0.2) is 0 Å². The van der Waals surface area contributed by atoms with E-state index in [-0.39, 0.29) is 11.3 Å². The molecule has 2 aromatic rings. The SMILES string of the molecule is O=C(Nc1c[nH]c2ccc(OC3CCC3)cc12)C12CC1C2. The molecule has 1 aromatic carbocycles. The summed E-state index contributed by atoms with van der Waals surface area (Å²) in [5, 5.41) is 4.13. The minimum atomic E-state index is 0.00360. The number of hydrogen-bond acceptors (Lipinski definition) is 2. The Morgan fingerprint density at radius 3 is 2.81 bits per heavy atom. The van der Waals surface area contributed by atoms with E-state index in [9.17, 15) is 4.79 Å². The van der Waals surface area contributed by atoms with E-state index in [1.54, 1.807) is 0 Å². The molecule has 3 saturated carbocycles. The predicted octanol–water partition coefficient (Wildman–Crippen LogP) is 3.45. The highest BCUT2D eigenvalue weighted by Crippen LogP contribution is 2.75. The van der Waals surface area contributed by atoms with E-state index in [1.807, 2.05) is 24.4 Å². The first-order chi connectivity index (χ1) is 10.2. The molecule has 3 aliphatic rings. The number of amides is 1. The third-order valence-electron chi connectivity index (χ3n) is 5.39. The molecular formula is C17H18N2O2. The Balaban J connectivity index is 1.42. The molecule has 4 heteroatoms. The third-order valence-corrected chi connectivity index (χ3v) is 5.39. The van der Waals surface area contributed by atoms with Crippen LogP contribution in [-0.2, 0) is 4.79 Å². The van der Waals surface area contributed by atoms with E-state index >= 15 is 0 Å². The number of ether oxygens (including phenoxy) is 1. The molecule has 1 heterocycles. The number of rotatable bonds is 4. The number of hydrogen-bond donors (Lipinski definition) is 2. The van der Waals surface area contributed by atoms with Gasteiger partial charge in [-0.3, -0.25) is 4.79 Å². The summed E-state index contributed by atoms with van der Waals surface area (Å²) >= 11 is 0. The van der Waals surface area contributed by atoms with Crippen LogP contribution in [0.5, 0.6) is 5.75 Å². The highest BCUT2D eigenvalue weighted by atomic mass is 16.5. The van der Waals surface area contributed by atoms with Crippen LogP contribution in [0.2, 0.25) is 0 Å². The second-order valence-electron chi connectivity index (χ2n) is 6.80. The van der Waals surface area contributed by atoms with Gasteiger partial charge in [0.2, 0.25) is 5.91 Å². The number of carbonyl (C=O) groups excluding carboxylic acids is 1. The monoisotopic (exact) mass is 282 g/mol. The van der Waals surface area contributed by atoms with Crippen LogP contribution in [-0.4, -0.2) is 17.0 Å². The van der Waals surface area contributed by atoms with Crippen LogP contribution in [0.25, 0.3) is 10.9 Å². The van der Waals surface area contributed by atoms with Crippen molar-refractivity contribution in [2.24, 2.45) is 11.3 Å². The van der Waals surface area contributed by atoms with Crippen molar-refractivity contribution < 1.29 is 9.53 Å². The molecule has 1 amide bonds. The van der Waals surface area contributed by atoms with Gasteiger partial charge in [-0.15, -0.1) is 0 Å². The normalized spacial score (nSPS) is 29.6. The average molecular weight is 282 g/mol. The van der Waals surface area contributed by atoms with Crippen LogP contribution in [0, 0.1) is 11.3 Å². The third kappa shape index (κ3) is 1.71. The second kappa shape index (κ2) is 3.81. The number of H-pyrrole nitrogens is 1. The van der Waals surface area contributed by atoms with Gasteiger partial charge in [0, 0.05) is 17.1 Å². The molecule has 0 bridgehead atoms. The molecule has 0 saturated heterocycles. The summed E-state index contributed by atoms with van der Waals surface area (Å²) in [5.74, 6) is 1.76. The molecule has 0 unspecified atom stereocenters. The first-order valence-electron chi connectivity index (χ1n) is 7.84. The molecule has 3 fully saturated rings. The zero-order valence-electron chi connectivity index (χ0n) is 11.8. The molecular weight excluding hydrogens is 264 g/mol. The molecule has 0 spiro atoms. The summed E-state index contributed by atoms with van der Waals surface area (Å²) in [7, 11) is 0. The van der Waals surface area contributed by atoms with Crippen molar-refractivity contribution in [3.05, 3.63) is 24.4 Å². The van der Waals surface area contributed by atoms with Gasteiger partial charge in [0.25, 0.3) is 0 Å². The summed E-state index contributed by atoms with van der Waals surface area (Å²) in [6.07, 6.45) is 7.98. The Bertz CT molecular complexity index is 738. The summed E-state index contributed by atoms with van der Waals surface area (Å²) in [4.78, 5) is 15.5. The topological polar surface area (TPSA) is 54.1 Å². The van der Waals surface area contributed by atoms with Gasteiger partial charge in [-0.05, 0) is 56.2 Å². The van der Waals surface area contributed by atoms with Gasteiger partial charge in [-0.2, -0.15) is 0 Å². The fourth-order valence-electron chi connectivity index (χ4n) is 3.28. The highest BCUT2D eigenvalue weighted by molar-refractivity contribution is 6.06. The summed E-state index contributed by atoms with van der Waals surface area (Å²) in [5.41, 5.74) is 1.91. The van der Waals surface area contributed by atoms with Crippen LogP contribution >= 0.6 is 0 Å². The van der Waals surface area contributed by atoms with Crippen LogP contribution in [0.4, 0.5) is 5.69 Å². The molecule has 0 atom stereocenters. The van der Waals surface area contributed by atoms with Crippen molar-refractivity contribution >= 4 is 22.5 Å². The molecule has 21 heavy (non-hydrogen) atoms. The molecule has 3 aliphatic carbocycles. The van der Waals surface area contributed by atoms with Gasteiger partial charge >= 0.3 is 0 Å². The van der Waals surface area contributed by atoms with Crippen LogP contribution in [0.15, 0.2) is 24.4 Å². The first kappa shape index (κ1) is 11.7. The highest BCUT2D eigenvalue weighted by Gasteiger charge is 2.74. The van der Waals surface area contributed by atoms with Crippen molar-refractivity contribution in [2.45, 2.75) is 38.2 Å². The van der Waals surface area contributed by atoms with E-state index in [2.05, 4.69) is 10.3 Å². The maximum atomic E-state index is 12.2. The van der Waals surface area contributed by atoms with E-state index in [0.29, 0.717) is 12.0 Å². The fourth-order valence-corrected chi connectivity index (χ4v) is 3.28. The van der Waals surface area contributed by atoms with Gasteiger partial charge < -0.3 is 15.0 Å². The fraction of sp³-hybridized carbons (Fsp3) is 0.471. The summed E-state index contributed by atoms with van der Waals surface area (Å²) in [6.45, 7) is 0. The number of aromatic amines is 1. The van der Waals surface area contributed by atoms with E-state index < -0.39 is 0 Å². The lowest BCUT2D eigenvalue weighted by atomic mass is 9.96. The van der Waals surface area contributed by atoms with Gasteiger partial charge in [0.05, 0.1) is 17.2 Å². The minimum absolute atomic E-state index is 0.00360. The second-order valence-corrected chi connectivity index (χ2v) is 6.80. The lowest BCUT2D eigenvalue weighted by Gasteiger charge is -2.26. The molecule has 5 rings (SSSR count). The van der Waals surface area contributed by atoms with Crippen molar-refractivity contribution in [3.63, 3.8) is 0 Å². The van der Waals surface area contributed by atoms with Gasteiger partial charge in [0.1, 0.15) is 5.75 Å². The maximum Gasteiger partial charge on any atom is 0.230 e. The quantitative estimate of drug-likeness (QED) is 0.902. The van der Waals surface area contributed by atoms with E-state index in [0.717, 1.165) is 48.0 Å². The standard InChI is InChI=1S/C17H18N2O2/c20-16(17-7-10(17)8-17)19-15-9-18-14-5-4-12(6-13(14)15)21-11-2-1-3-11/h4-6,9-11,18H,1-3,7-8H2,(H,19,20). The number of benzene rings is 1. The summed E-state index contributed by atoms with van der Waals surface area (Å²) < 4.78 is 5.95. The number of carbonyl (C=O) groups is 1. The Kier molecular flexibility index (Phi) is 2.12. The zero-order valence-corrected chi connectivity index (χ0v) is 11.8. The summed E-state index contributed by atoms with van der Waals surface area (Å²) in [6, 6.07) is 6.06. The predicted molar refractivity (Wildman–Crippen MR) is 80.4 cm³/mol. The van der Waals surface area contributed by atoms with Gasteiger partial charge in [-0.25, -0.2) is 0 Å². The minimum Gasteiger partial charge on any atom is -0.490 e. The number of aromatic nitrogens is 1. The lowest BCUT2D eigenvalue weighted by Crippen LogP contribution is -2.24. The van der Waals surface area contributed by atoms with Crippen molar-refractivity contribution in [1.82, 2.24) is 4.98 Å². The maximum absolute atomic E-state index is 12.2. The van der Waals surface area contributed by atoms with Crippen molar-refractivity contribution in [2.75, 3.05) is 5.32 Å². The molecule has 4 nitrogen and oxygen atoms in total. The molecule has 0 radical (unpaired) electrons. The Labute approximate surface area is 122 Å². The Hall–Kier alpha value is -1.97. The zero-order chi connectivity index (χ0) is 14.0. The van der Waals surface area contributed by atoms with Crippen LogP contribution in [0.1, 0.15) is 32.1 Å². The van der Waals surface area contributed by atoms with E-state index in [4.69, 9.17) is 4.74 Å². The largest absolute Gasteiger partial charge is 0.490 e. The first-order valence-corrected chi connectivity index (χ1v) is 7.84. The number of anilines is 1. The van der Waals surface area contributed by atoms with Crippen LogP contribution in [0.3, 0.4) is 0 Å². The molecule has 2 N–H and O–H groups in total. The lowest BCUT2D eigenvalue weighted by molar-refractivity contribution is -0.119. The Morgan fingerprint density at radius 2 is 2.14 bits per heavy atom. The van der Waals surface area contributed by atoms with E-state index in [1.165, 1.54) is 6.42 Å². The molecule has 1 aromatic heterocycles. The molecule has 108 valence electrons. The van der Waals surface area contributed by atoms with Gasteiger partial charge in [-0.1, -0.05) is 0 Å². The van der Waals surface area contributed by atoms with Crippen molar-refractivity contribution in [1.29, 1.82) is 0 Å². The van der Waals surface area contributed by atoms with Crippen molar-refractivity contribution in [3.8, 4) is 5.75 Å². The number of fused-ring (bicyclic) bond motifs is 2. The molecule has 0 aliphatic heterocycles. The number of nitrogens with one attached hydrogen (secondary N) is 2. The average Bonchev–Trinajstić information content (AvgIpc) is 3.26.